The summed E-state index contributed by atoms with van der Waals surface area (Å²) in [5.41, 5.74) is 5.68. The summed E-state index contributed by atoms with van der Waals surface area (Å²) in [5, 5.41) is 2.24. The van der Waals surface area contributed by atoms with E-state index in [1.165, 1.54) is 5.56 Å². The van der Waals surface area contributed by atoms with Crippen molar-refractivity contribution in [2.24, 2.45) is 5.73 Å². The molecule has 0 aromatic heterocycles. The number of benzene rings is 2. The largest absolute Gasteiger partial charge is 0.494 e. The quantitative estimate of drug-likeness (QED) is 0.388. The van der Waals surface area contributed by atoms with Gasteiger partial charge in [-0.2, -0.15) is 0 Å². The molecule has 7 nitrogen and oxygen atoms in total. The lowest BCUT2D eigenvalue weighted by Gasteiger charge is -2.23. The molecule has 2 amide bonds. The molecule has 0 bridgehead atoms. The predicted molar refractivity (Wildman–Crippen MR) is 101 cm³/mol. The number of carbonyl (C=O) groups is 3. The number of ether oxygens (including phenoxy) is 2. The van der Waals surface area contributed by atoms with Crippen LogP contribution in [0.4, 0.5) is 0 Å². The van der Waals surface area contributed by atoms with E-state index >= 15 is 0 Å². The van der Waals surface area contributed by atoms with Gasteiger partial charge in [0.05, 0.1) is 6.61 Å². The van der Waals surface area contributed by atoms with Crippen LogP contribution in [0.3, 0.4) is 0 Å². The predicted octanol–water partition coefficient (Wildman–Crippen LogP) is 1.49. The minimum absolute atomic E-state index is 0.0529. The molecule has 1 aliphatic rings. The summed E-state index contributed by atoms with van der Waals surface area (Å²) >= 11 is 0. The molecule has 2 aromatic carbocycles. The minimum atomic E-state index is -1.79. The fourth-order valence-electron chi connectivity index (χ4n) is 3.04. The van der Waals surface area contributed by atoms with E-state index in [-0.39, 0.29) is 6.42 Å². The zero-order valence-electron chi connectivity index (χ0n) is 15.4. The summed E-state index contributed by atoms with van der Waals surface area (Å²) in [6.07, 6.45) is 2.25. The van der Waals surface area contributed by atoms with Crippen LogP contribution in [-0.2, 0) is 32.0 Å². The average Bonchev–Trinajstić information content (AvgIpc) is 3.00. The SMILES string of the molecule is NC(=O)C1(CCc2cccc(OCCCc3ccccc3)c2)NC(=O)C(=O)O1. The van der Waals surface area contributed by atoms with Gasteiger partial charge in [0.15, 0.2) is 0 Å². The number of carbonyl (C=O) groups excluding carboxylic acids is 3. The molecular weight excluding hydrogens is 360 g/mol. The van der Waals surface area contributed by atoms with Gasteiger partial charge in [-0.1, -0.05) is 42.5 Å². The van der Waals surface area contributed by atoms with Crippen LogP contribution in [0.1, 0.15) is 24.0 Å². The third-order valence-corrected chi connectivity index (χ3v) is 4.55. The highest BCUT2D eigenvalue weighted by atomic mass is 16.6. The van der Waals surface area contributed by atoms with Crippen molar-refractivity contribution in [2.75, 3.05) is 6.61 Å². The first-order chi connectivity index (χ1) is 13.5. The Morgan fingerprint density at radius 3 is 2.46 bits per heavy atom. The molecule has 0 aliphatic carbocycles. The third-order valence-electron chi connectivity index (χ3n) is 4.55. The summed E-state index contributed by atoms with van der Waals surface area (Å²) in [7, 11) is 0. The Morgan fingerprint density at radius 2 is 1.79 bits per heavy atom. The molecule has 2 aromatic rings. The number of nitrogens with one attached hydrogen (secondary N) is 1. The zero-order chi connectivity index (χ0) is 20.0. The fourth-order valence-corrected chi connectivity index (χ4v) is 3.04. The number of rotatable bonds is 9. The molecule has 7 heteroatoms. The first kappa shape index (κ1) is 19.4. The molecule has 0 radical (unpaired) electrons. The van der Waals surface area contributed by atoms with Gasteiger partial charge in [-0.25, -0.2) is 4.79 Å². The Bertz CT molecular complexity index is 850. The molecule has 1 aliphatic heterocycles. The average molecular weight is 382 g/mol. The smallest absolute Gasteiger partial charge is 0.399 e. The van der Waals surface area contributed by atoms with Gasteiger partial charge in [-0.15, -0.1) is 0 Å². The highest BCUT2D eigenvalue weighted by Gasteiger charge is 2.50. The first-order valence-electron chi connectivity index (χ1n) is 9.09. The van der Waals surface area contributed by atoms with Crippen LogP contribution in [0.2, 0.25) is 0 Å². The Balaban J connectivity index is 1.52. The molecule has 1 atom stereocenters. The lowest BCUT2D eigenvalue weighted by atomic mass is 10.0. The molecule has 1 saturated heterocycles. The van der Waals surface area contributed by atoms with Crippen molar-refractivity contribution in [3.05, 3.63) is 65.7 Å². The van der Waals surface area contributed by atoms with Gasteiger partial charge in [-0.05, 0) is 42.5 Å². The van der Waals surface area contributed by atoms with Crippen molar-refractivity contribution in [3.63, 3.8) is 0 Å². The number of esters is 1. The zero-order valence-corrected chi connectivity index (χ0v) is 15.4. The maximum absolute atomic E-state index is 11.7. The monoisotopic (exact) mass is 382 g/mol. The molecule has 1 fully saturated rings. The normalized spacial score (nSPS) is 18.4. The number of amides is 2. The van der Waals surface area contributed by atoms with Crippen molar-refractivity contribution < 1.29 is 23.9 Å². The second-order valence-corrected chi connectivity index (χ2v) is 6.62. The number of nitrogens with two attached hydrogens (primary N) is 1. The van der Waals surface area contributed by atoms with Crippen molar-refractivity contribution in [1.82, 2.24) is 5.32 Å². The fraction of sp³-hybridized carbons (Fsp3) is 0.286. The Morgan fingerprint density at radius 1 is 1.04 bits per heavy atom. The van der Waals surface area contributed by atoms with Crippen molar-refractivity contribution >= 4 is 17.8 Å². The van der Waals surface area contributed by atoms with Crippen LogP contribution >= 0.6 is 0 Å². The number of primary amides is 1. The van der Waals surface area contributed by atoms with Gasteiger partial charge in [0.1, 0.15) is 5.75 Å². The molecule has 0 saturated carbocycles. The van der Waals surface area contributed by atoms with Crippen LogP contribution in [0.5, 0.6) is 5.75 Å². The molecule has 3 N–H and O–H groups in total. The van der Waals surface area contributed by atoms with Crippen molar-refractivity contribution in [2.45, 2.75) is 31.4 Å². The van der Waals surface area contributed by atoms with E-state index in [1.807, 2.05) is 42.5 Å². The summed E-state index contributed by atoms with van der Waals surface area (Å²) in [5.74, 6) is -2.25. The van der Waals surface area contributed by atoms with E-state index in [4.69, 9.17) is 15.2 Å². The lowest BCUT2D eigenvalue weighted by Crippen LogP contribution is -2.54. The minimum Gasteiger partial charge on any atom is -0.494 e. The van der Waals surface area contributed by atoms with Crippen molar-refractivity contribution in [1.29, 1.82) is 0 Å². The topological polar surface area (TPSA) is 108 Å². The van der Waals surface area contributed by atoms with Crippen LogP contribution in [0.25, 0.3) is 0 Å². The van der Waals surface area contributed by atoms with E-state index in [9.17, 15) is 14.4 Å². The number of cyclic esters (lactones) is 1. The standard InChI is InChI=1S/C21H22N2O5/c22-20(26)21(23-18(24)19(25)28-21)12-11-16-8-4-10-17(14-16)27-13-5-9-15-6-2-1-3-7-15/h1-4,6-8,10,14H,5,9,11-13H2,(H2,22,26)(H,23,24). The number of aryl methyl sites for hydroxylation is 2. The summed E-state index contributed by atoms with van der Waals surface area (Å²) in [4.78, 5) is 34.4. The molecule has 1 unspecified atom stereocenters. The second-order valence-electron chi connectivity index (χ2n) is 6.62. The van der Waals surface area contributed by atoms with Gasteiger partial charge in [0, 0.05) is 6.42 Å². The van der Waals surface area contributed by atoms with Crippen LogP contribution in [0.15, 0.2) is 54.6 Å². The van der Waals surface area contributed by atoms with Crippen LogP contribution in [-0.4, -0.2) is 30.1 Å². The van der Waals surface area contributed by atoms with Gasteiger partial charge in [0.2, 0.25) is 0 Å². The molecule has 1 heterocycles. The summed E-state index contributed by atoms with van der Waals surface area (Å²) < 4.78 is 10.7. The first-order valence-corrected chi connectivity index (χ1v) is 9.09. The van der Waals surface area contributed by atoms with E-state index in [0.717, 1.165) is 18.4 Å². The van der Waals surface area contributed by atoms with Crippen LogP contribution < -0.4 is 15.8 Å². The van der Waals surface area contributed by atoms with E-state index < -0.39 is 23.5 Å². The number of hydrogen-bond donors (Lipinski definition) is 2. The van der Waals surface area contributed by atoms with Crippen molar-refractivity contribution in [3.8, 4) is 5.75 Å². The van der Waals surface area contributed by atoms with Gasteiger partial charge >= 0.3 is 11.9 Å². The molecule has 28 heavy (non-hydrogen) atoms. The summed E-state index contributed by atoms with van der Waals surface area (Å²) in [6, 6.07) is 17.6. The molecular formula is C21H22N2O5. The third kappa shape index (κ3) is 4.68. The van der Waals surface area contributed by atoms with E-state index in [1.54, 1.807) is 0 Å². The maximum atomic E-state index is 11.7. The van der Waals surface area contributed by atoms with Gasteiger partial charge in [-0.3, -0.25) is 9.59 Å². The Hall–Kier alpha value is -3.35. The van der Waals surface area contributed by atoms with Gasteiger partial charge in [0.25, 0.3) is 11.6 Å². The lowest BCUT2D eigenvalue weighted by molar-refractivity contribution is -0.160. The summed E-state index contributed by atoms with van der Waals surface area (Å²) in [6.45, 7) is 0.581. The highest BCUT2D eigenvalue weighted by molar-refractivity contribution is 6.35. The molecule has 146 valence electrons. The van der Waals surface area contributed by atoms with Gasteiger partial charge < -0.3 is 20.5 Å². The molecule has 3 rings (SSSR count). The number of hydrogen-bond acceptors (Lipinski definition) is 5. The van der Waals surface area contributed by atoms with E-state index in [0.29, 0.717) is 18.8 Å². The van der Waals surface area contributed by atoms with Crippen LogP contribution in [0, 0.1) is 0 Å². The second kappa shape index (κ2) is 8.56. The highest BCUT2D eigenvalue weighted by Crippen LogP contribution is 2.23. The maximum Gasteiger partial charge on any atom is 0.399 e. The molecule has 0 spiro atoms. The van der Waals surface area contributed by atoms with E-state index in [2.05, 4.69) is 17.4 Å². The Kier molecular flexibility index (Phi) is 5.93. The Labute approximate surface area is 162 Å².